The van der Waals surface area contributed by atoms with E-state index in [0.29, 0.717) is 11.3 Å². The van der Waals surface area contributed by atoms with Crippen molar-refractivity contribution in [3.05, 3.63) is 69.9 Å². The first kappa shape index (κ1) is 15.6. The van der Waals surface area contributed by atoms with Gasteiger partial charge in [0.05, 0.1) is 4.90 Å². The molecule has 0 spiro atoms. The van der Waals surface area contributed by atoms with E-state index in [1.807, 2.05) is 13.0 Å². The SMILES string of the molecule is C/C(=C\Cl)c1ccccc1[N-]S(=O)(=O)c1ccc(C)cc1. The predicted octanol–water partition coefficient (Wildman–Crippen LogP) is 4.99. The Morgan fingerprint density at radius 2 is 1.71 bits per heavy atom. The Hall–Kier alpha value is -1.78. The second kappa shape index (κ2) is 6.33. The van der Waals surface area contributed by atoms with Crippen molar-refractivity contribution in [2.45, 2.75) is 18.7 Å². The second-order valence-electron chi connectivity index (χ2n) is 4.69. The molecule has 0 atom stereocenters. The number of hydrogen-bond acceptors (Lipinski definition) is 2. The molecule has 0 aromatic heterocycles. The van der Waals surface area contributed by atoms with E-state index in [1.54, 1.807) is 49.4 Å². The lowest BCUT2D eigenvalue weighted by Crippen LogP contribution is -1.98. The molecule has 0 N–H and O–H groups in total. The minimum absolute atomic E-state index is 0.176. The van der Waals surface area contributed by atoms with Crippen LogP contribution in [0.25, 0.3) is 10.3 Å². The lowest BCUT2D eigenvalue weighted by Gasteiger charge is -2.25. The van der Waals surface area contributed by atoms with Gasteiger partial charge in [-0.25, -0.2) is 8.42 Å². The zero-order chi connectivity index (χ0) is 15.5. The Morgan fingerprint density at radius 1 is 1.10 bits per heavy atom. The van der Waals surface area contributed by atoms with Gasteiger partial charge < -0.3 is 4.72 Å². The molecule has 0 saturated carbocycles. The predicted molar refractivity (Wildman–Crippen MR) is 87.3 cm³/mol. The van der Waals surface area contributed by atoms with Gasteiger partial charge in [0.1, 0.15) is 10.0 Å². The third kappa shape index (κ3) is 3.65. The molecule has 2 aromatic rings. The topological polar surface area (TPSA) is 48.2 Å². The molecule has 0 heterocycles. The second-order valence-corrected chi connectivity index (χ2v) is 6.51. The molecule has 0 aliphatic rings. The van der Waals surface area contributed by atoms with E-state index in [4.69, 9.17) is 11.6 Å². The molecule has 0 amide bonds. The number of hydrogen-bond donors (Lipinski definition) is 0. The van der Waals surface area contributed by atoms with Gasteiger partial charge >= 0.3 is 0 Å². The van der Waals surface area contributed by atoms with Crippen LogP contribution in [-0.2, 0) is 10.0 Å². The number of nitrogens with zero attached hydrogens (tertiary/aromatic N) is 1. The number of aryl methyl sites for hydroxylation is 1. The van der Waals surface area contributed by atoms with Gasteiger partial charge in [-0.05, 0) is 37.1 Å². The molecule has 2 rings (SSSR count). The zero-order valence-corrected chi connectivity index (χ0v) is 13.3. The number of allylic oxidation sites excluding steroid dienone is 1. The summed E-state index contributed by atoms with van der Waals surface area (Å²) < 4.78 is 28.6. The average Bonchev–Trinajstić information content (AvgIpc) is 2.47. The molecule has 2 aromatic carbocycles. The fourth-order valence-corrected chi connectivity index (χ4v) is 2.96. The van der Waals surface area contributed by atoms with E-state index in [2.05, 4.69) is 4.72 Å². The molecule has 21 heavy (non-hydrogen) atoms. The summed E-state index contributed by atoms with van der Waals surface area (Å²) in [6.07, 6.45) is 0. The summed E-state index contributed by atoms with van der Waals surface area (Å²) >= 11 is 5.71. The molecular formula is C16H15ClNO2S-. The number of rotatable bonds is 4. The Labute approximate surface area is 130 Å². The molecule has 0 saturated heterocycles. The van der Waals surface area contributed by atoms with Crippen molar-refractivity contribution in [3.63, 3.8) is 0 Å². The van der Waals surface area contributed by atoms with Gasteiger partial charge in [-0.2, -0.15) is 0 Å². The lowest BCUT2D eigenvalue weighted by atomic mass is 10.1. The maximum atomic E-state index is 12.4. The highest BCUT2D eigenvalue weighted by Crippen LogP contribution is 2.34. The first-order valence-electron chi connectivity index (χ1n) is 6.35. The van der Waals surface area contributed by atoms with Gasteiger partial charge in [-0.1, -0.05) is 53.6 Å². The first-order chi connectivity index (χ1) is 9.94. The summed E-state index contributed by atoms with van der Waals surface area (Å²) in [4.78, 5) is 0.176. The smallest absolute Gasteiger partial charge is 0.123 e. The van der Waals surface area contributed by atoms with Crippen molar-refractivity contribution >= 4 is 32.9 Å². The lowest BCUT2D eigenvalue weighted by molar-refractivity contribution is 0.603. The van der Waals surface area contributed by atoms with E-state index >= 15 is 0 Å². The third-order valence-electron chi connectivity index (χ3n) is 3.03. The maximum Gasteiger partial charge on any atom is 0.123 e. The van der Waals surface area contributed by atoms with Crippen LogP contribution in [0.4, 0.5) is 5.69 Å². The highest BCUT2D eigenvalue weighted by atomic mass is 35.5. The van der Waals surface area contributed by atoms with Gasteiger partial charge in [0.15, 0.2) is 0 Å². The molecule has 0 aliphatic carbocycles. The van der Waals surface area contributed by atoms with Gasteiger partial charge in [-0.3, -0.25) is 0 Å². The standard InChI is InChI=1S/C16H15ClNO2S/c1-12-7-9-14(10-8-12)21(19,20)18-16-6-4-3-5-15(16)13(2)11-17/h3-11H,1-2H3/q-1/b13-11+. The molecule has 110 valence electrons. The van der Waals surface area contributed by atoms with Crippen LogP contribution in [0.5, 0.6) is 0 Å². The molecular weight excluding hydrogens is 306 g/mol. The molecule has 0 bridgehead atoms. The van der Waals surface area contributed by atoms with Crippen LogP contribution in [0, 0.1) is 6.92 Å². The van der Waals surface area contributed by atoms with E-state index in [-0.39, 0.29) is 4.90 Å². The van der Waals surface area contributed by atoms with Crippen LogP contribution in [0.3, 0.4) is 0 Å². The number of halogens is 1. The van der Waals surface area contributed by atoms with Crippen LogP contribution < -0.4 is 0 Å². The van der Waals surface area contributed by atoms with Crippen LogP contribution in [-0.4, -0.2) is 8.42 Å². The van der Waals surface area contributed by atoms with Crippen LogP contribution in [0.2, 0.25) is 0 Å². The average molecular weight is 321 g/mol. The van der Waals surface area contributed by atoms with Crippen molar-refractivity contribution in [2.24, 2.45) is 0 Å². The van der Waals surface area contributed by atoms with E-state index < -0.39 is 10.0 Å². The summed E-state index contributed by atoms with van der Waals surface area (Å²) in [6, 6.07) is 13.6. The van der Waals surface area contributed by atoms with Crippen LogP contribution >= 0.6 is 11.6 Å². The normalized spacial score (nSPS) is 12.2. The van der Waals surface area contributed by atoms with Crippen molar-refractivity contribution in [1.29, 1.82) is 0 Å². The zero-order valence-electron chi connectivity index (χ0n) is 11.7. The molecule has 0 radical (unpaired) electrons. The summed E-state index contributed by atoms with van der Waals surface area (Å²) in [7, 11) is -3.74. The number of benzene rings is 2. The monoisotopic (exact) mass is 320 g/mol. The largest absolute Gasteiger partial charge is 0.572 e. The molecule has 0 fully saturated rings. The van der Waals surface area contributed by atoms with Crippen LogP contribution in [0.15, 0.2) is 59.0 Å². The number of sulfonamides is 1. The molecule has 3 nitrogen and oxygen atoms in total. The van der Waals surface area contributed by atoms with Crippen molar-refractivity contribution in [3.8, 4) is 0 Å². The summed E-state index contributed by atoms with van der Waals surface area (Å²) in [5.74, 6) is 0. The minimum atomic E-state index is -3.74. The fraction of sp³-hybridized carbons (Fsp3) is 0.125. The third-order valence-corrected chi connectivity index (χ3v) is 4.66. The van der Waals surface area contributed by atoms with Gasteiger partial charge in [0.2, 0.25) is 0 Å². The summed E-state index contributed by atoms with van der Waals surface area (Å²) in [5, 5.41) is 0. The van der Waals surface area contributed by atoms with Crippen molar-refractivity contribution in [1.82, 2.24) is 0 Å². The Kier molecular flexibility index (Phi) is 4.70. The van der Waals surface area contributed by atoms with E-state index in [1.165, 1.54) is 5.54 Å². The highest BCUT2D eigenvalue weighted by molar-refractivity contribution is 7.94. The van der Waals surface area contributed by atoms with Gasteiger partial charge in [-0.15, -0.1) is 5.69 Å². The molecule has 0 aliphatic heterocycles. The van der Waals surface area contributed by atoms with E-state index in [9.17, 15) is 8.42 Å². The Bertz CT molecular complexity index is 765. The summed E-state index contributed by atoms with van der Waals surface area (Å²) in [6.45, 7) is 3.71. The first-order valence-corrected chi connectivity index (χ1v) is 8.23. The Balaban J connectivity index is 2.40. The molecule has 5 heteroatoms. The fourth-order valence-electron chi connectivity index (χ4n) is 1.84. The maximum absolute atomic E-state index is 12.4. The highest BCUT2D eigenvalue weighted by Gasteiger charge is 2.06. The Morgan fingerprint density at radius 3 is 2.33 bits per heavy atom. The van der Waals surface area contributed by atoms with Gasteiger partial charge in [0, 0.05) is 5.54 Å². The summed E-state index contributed by atoms with van der Waals surface area (Å²) in [5.41, 5.74) is 4.24. The molecule has 0 unspecified atom stereocenters. The van der Waals surface area contributed by atoms with Crippen molar-refractivity contribution in [2.75, 3.05) is 0 Å². The van der Waals surface area contributed by atoms with Crippen LogP contribution in [0.1, 0.15) is 18.1 Å². The quantitative estimate of drug-likeness (QED) is 0.796. The van der Waals surface area contributed by atoms with Gasteiger partial charge in [0.25, 0.3) is 0 Å². The van der Waals surface area contributed by atoms with Crippen molar-refractivity contribution < 1.29 is 8.42 Å². The van der Waals surface area contributed by atoms with E-state index in [0.717, 1.165) is 11.1 Å². The minimum Gasteiger partial charge on any atom is -0.572 e.